The lowest BCUT2D eigenvalue weighted by Crippen LogP contribution is -2.48. The van der Waals surface area contributed by atoms with Crippen LogP contribution < -0.4 is 20.7 Å². The molecule has 1 atom stereocenters. The third-order valence-corrected chi connectivity index (χ3v) is 5.37. The number of allylic oxidation sites excluding steroid dienone is 1. The number of hydrogen-bond acceptors (Lipinski definition) is 6. The van der Waals surface area contributed by atoms with E-state index in [0.717, 1.165) is 29.1 Å². The minimum atomic E-state index is -0.357. The first-order valence-corrected chi connectivity index (χ1v) is 9.70. The van der Waals surface area contributed by atoms with E-state index in [0.29, 0.717) is 24.5 Å². The highest BCUT2D eigenvalue weighted by Gasteiger charge is 2.36. The van der Waals surface area contributed by atoms with Crippen molar-refractivity contribution in [2.45, 2.75) is 32.7 Å². The van der Waals surface area contributed by atoms with Gasteiger partial charge in [0, 0.05) is 18.8 Å². The van der Waals surface area contributed by atoms with Crippen molar-refractivity contribution >= 4 is 11.6 Å². The van der Waals surface area contributed by atoms with Crippen LogP contribution in [0.15, 0.2) is 35.7 Å². The summed E-state index contributed by atoms with van der Waals surface area (Å²) < 4.78 is 7.61. The Hall–Kier alpha value is -3.31. The highest BCUT2D eigenvalue weighted by molar-refractivity contribution is 5.95. The van der Waals surface area contributed by atoms with Crippen molar-refractivity contribution < 1.29 is 9.53 Å². The highest BCUT2D eigenvalue weighted by Crippen LogP contribution is 2.44. The Morgan fingerprint density at radius 3 is 2.69 bits per heavy atom. The standard InChI is InChI=1S/C21H24N6O2/c1-12(2)27-21-18(13(3)25-27)19(16(10-22)20(23)29-21)14-4-6-15(7-5-14)26-9-8-24-11-17(26)28/h4-7,12,19,24H,8-9,11,23H2,1-3H3. The number of aromatic nitrogens is 2. The van der Waals surface area contributed by atoms with E-state index in [4.69, 9.17) is 10.5 Å². The Labute approximate surface area is 169 Å². The first kappa shape index (κ1) is 19.0. The molecule has 0 spiro atoms. The Morgan fingerprint density at radius 1 is 1.34 bits per heavy atom. The van der Waals surface area contributed by atoms with Crippen LogP contribution in [-0.4, -0.2) is 35.3 Å². The normalized spacial score (nSPS) is 19.2. The van der Waals surface area contributed by atoms with Crippen molar-refractivity contribution in [1.29, 1.82) is 5.26 Å². The van der Waals surface area contributed by atoms with E-state index in [1.807, 2.05) is 45.0 Å². The summed E-state index contributed by atoms with van der Waals surface area (Å²) in [6.45, 7) is 7.70. The van der Waals surface area contributed by atoms with Gasteiger partial charge in [0.1, 0.15) is 11.6 Å². The lowest BCUT2D eigenvalue weighted by Gasteiger charge is -2.28. The van der Waals surface area contributed by atoms with Crippen LogP contribution >= 0.6 is 0 Å². The summed E-state index contributed by atoms with van der Waals surface area (Å²) in [6, 6.07) is 10.0. The van der Waals surface area contributed by atoms with Gasteiger partial charge in [-0.3, -0.25) is 4.79 Å². The molecule has 1 saturated heterocycles. The average molecular weight is 392 g/mol. The molecule has 0 bridgehead atoms. The Balaban J connectivity index is 1.78. The SMILES string of the molecule is Cc1nn(C(C)C)c2c1C(c1ccc(N3CCNCC3=O)cc1)C(C#N)=C(N)O2. The lowest BCUT2D eigenvalue weighted by atomic mass is 9.84. The number of aryl methyl sites for hydroxylation is 1. The van der Waals surface area contributed by atoms with Crippen LogP contribution in [0.25, 0.3) is 0 Å². The second-order valence-corrected chi connectivity index (χ2v) is 7.58. The minimum absolute atomic E-state index is 0.0493. The number of carbonyl (C=O) groups excluding carboxylic acids is 1. The van der Waals surface area contributed by atoms with E-state index in [2.05, 4.69) is 16.5 Å². The summed E-state index contributed by atoms with van der Waals surface area (Å²) >= 11 is 0. The molecule has 0 aliphatic carbocycles. The van der Waals surface area contributed by atoms with Crippen molar-refractivity contribution in [2.75, 3.05) is 24.5 Å². The molecule has 1 unspecified atom stereocenters. The molecule has 1 amide bonds. The minimum Gasteiger partial charge on any atom is -0.422 e. The number of nitrogens with one attached hydrogen (secondary N) is 1. The van der Waals surface area contributed by atoms with E-state index in [1.54, 1.807) is 9.58 Å². The molecule has 3 heterocycles. The number of rotatable bonds is 3. The van der Waals surface area contributed by atoms with Crippen LogP contribution in [0, 0.1) is 18.3 Å². The molecule has 1 aromatic heterocycles. The van der Waals surface area contributed by atoms with Crippen LogP contribution in [0.1, 0.15) is 42.6 Å². The Bertz CT molecular complexity index is 1030. The summed E-state index contributed by atoms with van der Waals surface area (Å²) in [6.07, 6.45) is 0. The molecule has 3 N–H and O–H groups in total. The van der Waals surface area contributed by atoms with Crippen LogP contribution in [0.3, 0.4) is 0 Å². The van der Waals surface area contributed by atoms with Gasteiger partial charge in [-0.05, 0) is 38.5 Å². The maximum Gasteiger partial charge on any atom is 0.240 e. The fourth-order valence-corrected chi connectivity index (χ4v) is 3.95. The van der Waals surface area contributed by atoms with Gasteiger partial charge >= 0.3 is 0 Å². The van der Waals surface area contributed by atoms with Crippen LogP contribution in [0.5, 0.6) is 5.88 Å². The van der Waals surface area contributed by atoms with Crippen molar-refractivity contribution in [3.63, 3.8) is 0 Å². The number of amides is 1. The predicted octanol–water partition coefficient (Wildman–Crippen LogP) is 1.93. The monoisotopic (exact) mass is 392 g/mol. The number of nitrogens with zero attached hydrogens (tertiary/aromatic N) is 4. The molecular weight excluding hydrogens is 368 g/mol. The summed E-state index contributed by atoms with van der Waals surface area (Å²) in [5, 5.41) is 17.4. The van der Waals surface area contributed by atoms with Crippen LogP contribution in [-0.2, 0) is 4.79 Å². The van der Waals surface area contributed by atoms with Gasteiger partial charge < -0.3 is 20.7 Å². The van der Waals surface area contributed by atoms with Gasteiger partial charge in [0.2, 0.25) is 17.7 Å². The molecular formula is C21H24N6O2. The number of carbonyl (C=O) groups is 1. The van der Waals surface area contributed by atoms with E-state index >= 15 is 0 Å². The summed E-state index contributed by atoms with van der Waals surface area (Å²) in [5.41, 5.74) is 9.90. The first-order valence-electron chi connectivity index (χ1n) is 9.70. The zero-order valence-electron chi connectivity index (χ0n) is 16.8. The topological polar surface area (TPSA) is 109 Å². The molecule has 8 nitrogen and oxygen atoms in total. The van der Waals surface area contributed by atoms with Crippen molar-refractivity contribution in [2.24, 2.45) is 5.73 Å². The summed E-state index contributed by atoms with van der Waals surface area (Å²) in [4.78, 5) is 13.9. The number of ether oxygens (including phenoxy) is 1. The fraction of sp³-hybridized carbons (Fsp3) is 0.381. The van der Waals surface area contributed by atoms with Gasteiger partial charge in [0.25, 0.3) is 0 Å². The molecule has 4 rings (SSSR count). The number of piperazine rings is 1. The zero-order valence-corrected chi connectivity index (χ0v) is 16.8. The third-order valence-electron chi connectivity index (χ3n) is 5.37. The maximum absolute atomic E-state index is 12.2. The first-order chi connectivity index (χ1) is 13.9. The van der Waals surface area contributed by atoms with E-state index in [-0.39, 0.29) is 23.8 Å². The van der Waals surface area contributed by atoms with Crippen molar-refractivity contribution in [3.8, 4) is 11.9 Å². The van der Waals surface area contributed by atoms with Crippen LogP contribution in [0.4, 0.5) is 5.69 Å². The number of nitriles is 1. The van der Waals surface area contributed by atoms with E-state index in [1.165, 1.54) is 0 Å². The van der Waals surface area contributed by atoms with E-state index in [9.17, 15) is 10.1 Å². The fourth-order valence-electron chi connectivity index (χ4n) is 3.95. The maximum atomic E-state index is 12.2. The van der Waals surface area contributed by atoms with Gasteiger partial charge in [-0.25, -0.2) is 4.68 Å². The molecule has 8 heteroatoms. The molecule has 150 valence electrons. The number of benzene rings is 1. The molecule has 0 radical (unpaired) electrons. The van der Waals surface area contributed by atoms with Crippen molar-refractivity contribution in [3.05, 3.63) is 52.5 Å². The average Bonchev–Trinajstić information content (AvgIpc) is 3.04. The lowest BCUT2D eigenvalue weighted by molar-refractivity contribution is -0.118. The highest BCUT2D eigenvalue weighted by atomic mass is 16.5. The van der Waals surface area contributed by atoms with Crippen LogP contribution in [0.2, 0.25) is 0 Å². The quantitative estimate of drug-likeness (QED) is 0.826. The van der Waals surface area contributed by atoms with Gasteiger partial charge in [-0.1, -0.05) is 12.1 Å². The number of fused-ring (bicyclic) bond motifs is 1. The summed E-state index contributed by atoms with van der Waals surface area (Å²) in [5.74, 6) is 0.380. The number of nitrogens with two attached hydrogens (primary N) is 1. The second-order valence-electron chi connectivity index (χ2n) is 7.58. The zero-order chi connectivity index (χ0) is 20.7. The van der Waals surface area contributed by atoms with E-state index < -0.39 is 0 Å². The molecule has 1 fully saturated rings. The Kier molecular flexibility index (Phi) is 4.76. The summed E-state index contributed by atoms with van der Waals surface area (Å²) in [7, 11) is 0. The third kappa shape index (κ3) is 3.13. The molecule has 2 aliphatic rings. The number of hydrogen-bond donors (Lipinski definition) is 2. The second kappa shape index (κ2) is 7.26. The van der Waals surface area contributed by atoms with Gasteiger partial charge in [0.15, 0.2) is 0 Å². The molecule has 1 aromatic carbocycles. The smallest absolute Gasteiger partial charge is 0.240 e. The number of anilines is 1. The molecule has 2 aliphatic heterocycles. The Morgan fingerprint density at radius 2 is 2.07 bits per heavy atom. The van der Waals surface area contributed by atoms with Gasteiger partial charge in [0.05, 0.1) is 29.8 Å². The van der Waals surface area contributed by atoms with Gasteiger partial charge in [-0.15, -0.1) is 0 Å². The van der Waals surface area contributed by atoms with Gasteiger partial charge in [-0.2, -0.15) is 10.4 Å². The predicted molar refractivity (Wildman–Crippen MR) is 108 cm³/mol. The molecule has 29 heavy (non-hydrogen) atoms. The van der Waals surface area contributed by atoms with Crippen molar-refractivity contribution in [1.82, 2.24) is 15.1 Å². The largest absolute Gasteiger partial charge is 0.422 e. The molecule has 2 aromatic rings. The molecule has 0 saturated carbocycles.